The monoisotopic (exact) mass is 387 g/mol. The molecule has 6 nitrogen and oxygen atoms in total. The first-order valence-corrected chi connectivity index (χ1v) is 10.1. The topological polar surface area (TPSA) is 60.9 Å². The molecular formula is C17H23F2N3O3S. The number of hydrogen-bond acceptors (Lipinski definition) is 3. The fraction of sp³-hybridized carbons (Fsp3) is 0.588. The average molecular weight is 387 g/mol. The van der Waals surface area contributed by atoms with Gasteiger partial charge >= 0.3 is 0 Å². The van der Waals surface area contributed by atoms with Gasteiger partial charge in [-0.05, 0) is 37.3 Å². The zero-order valence-electron chi connectivity index (χ0n) is 14.9. The lowest BCUT2D eigenvalue weighted by Crippen LogP contribution is -2.57. The summed E-state index contributed by atoms with van der Waals surface area (Å²) in [5.41, 5.74) is -0.531. The number of carbonyl (C=O) groups is 1. The lowest BCUT2D eigenvalue weighted by Gasteiger charge is -2.47. The summed E-state index contributed by atoms with van der Waals surface area (Å²) >= 11 is 0. The van der Waals surface area contributed by atoms with Gasteiger partial charge in [0.05, 0.1) is 0 Å². The standard InChI is InChI=1S/C17H23F2N3O3S/c1-20(2)26(24,25)21-10-8-15-12(11-21)5-4-9-22(15)17(23)16-13(18)6-3-7-14(16)19/h3,6-7,12,15H,4-5,8-11H2,1-2H3/t12-,15+/m1/s1. The number of piperidine rings is 2. The second kappa shape index (κ2) is 7.21. The lowest BCUT2D eigenvalue weighted by atomic mass is 9.84. The molecule has 9 heteroatoms. The van der Waals surface area contributed by atoms with Gasteiger partial charge in [-0.15, -0.1) is 0 Å². The van der Waals surface area contributed by atoms with Gasteiger partial charge in [-0.25, -0.2) is 8.78 Å². The van der Waals surface area contributed by atoms with Crippen LogP contribution in [0.3, 0.4) is 0 Å². The molecule has 2 atom stereocenters. The fourth-order valence-corrected chi connectivity index (χ4v) is 5.09. The number of nitrogens with zero attached hydrogens (tertiary/aromatic N) is 3. The van der Waals surface area contributed by atoms with E-state index in [2.05, 4.69) is 0 Å². The Kier molecular flexibility index (Phi) is 5.32. The molecule has 2 saturated heterocycles. The maximum Gasteiger partial charge on any atom is 0.281 e. The van der Waals surface area contributed by atoms with Crippen molar-refractivity contribution in [2.45, 2.75) is 25.3 Å². The molecule has 0 spiro atoms. The normalized spacial score (nSPS) is 24.6. The third-order valence-electron chi connectivity index (χ3n) is 5.26. The number of benzene rings is 1. The van der Waals surface area contributed by atoms with Gasteiger partial charge in [0.2, 0.25) is 0 Å². The SMILES string of the molecule is CN(C)S(=O)(=O)N1CC[C@H]2[C@H](CCCN2C(=O)c2c(F)cccc2F)C1. The van der Waals surface area contributed by atoms with Gasteiger partial charge < -0.3 is 4.90 Å². The molecule has 0 aromatic heterocycles. The van der Waals surface area contributed by atoms with Crippen molar-refractivity contribution >= 4 is 16.1 Å². The van der Waals surface area contributed by atoms with Crippen molar-refractivity contribution in [3.05, 3.63) is 35.4 Å². The minimum Gasteiger partial charge on any atom is -0.335 e. The van der Waals surface area contributed by atoms with Crippen molar-refractivity contribution in [3.8, 4) is 0 Å². The highest BCUT2D eigenvalue weighted by atomic mass is 32.2. The number of rotatable bonds is 3. The fourth-order valence-electron chi connectivity index (χ4n) is 3.91. The van der Waals surface area contributed by atoms with Crippen LogP contribution in [-0.2, 0) is 10.2 Å². The van der Waals surface area contributed by atoms with Crippen molar-refractivity contribution in [1.82, 2.24) is 13.5 Å². The molecule has 0 aliphatic carbocycles. The Labute approximate surface area is 152 Å². The van der Waals surface area contributed by atoms with E-state index in [1.165, 1.54) is 33.7 Å². The van der Waals surface area contributed by atoms with Gasteiger partial charge in [-0.1, -0.05) is 6.07 Å². The molecule has 2 heterocycles. The van der Waals surface area contributed by atoms with Crippen molar-refractivity contribution in [2.75, 3.05) is 33.7 Å². The van der Waals surface area contributed by atoms with Crippen molar-refractivity contribution in [3.63, 3.8) is 0 Å². The Balaban J connectivity index is 1.82. The van der Waals surface area contributed by atoms with Crippen LogP contribution in [0.4, 0.5) is 8.78 Å². The summed E-state index contributed by atoms with van der Waals surface area (Å²) in [5, 5.41) is 0. The molecule has 3 rings (SSSR count). The molecule has 0 unspecified atom stereocenters. The molecular weight excluding hydrogens is 364 g/mol. The largest absolute Gasteiger partial charge is 0.335 e. The van der Waals surface area contributed by atoms with E-state index < -0.39 is 33.3 Å². The zero-order valence-corrected chi connectivity index (χ0v) is 15.7. The first-order valence-electron chi connectivity index (χ1n) is 8.66. The zero-order chi connectivity index (χ0) is 19.1. The second-order valence-corrected chi connectivity index (χ2v) is 9.14. The van der Waals surface area contributed by atoms with E-state index >= 15 is 0 Å². The van der Waals surface area contributed by atoms with Crippen LogP contribution in [0.15, 0.2) is 18.2 Å². The smallest absolute Gasteiger partial charge is 0.281 e. The molecule has 2 fully saturated rings. The van der Waals surface area contributed by atoms with E-state index in [0.717, 1.165) is 18.6 Å². The number of hydrogen-bond donors (Lipinski definition) is 0. The minimum absolute atomic E-state index is 0.0361. The summed E-state index contributed by atoms with van der Waals surface area (Å²) in [6.07, 6.45) is 1.92. The number of fused-ring (bicyclic) bond motifs is 1. The van der Waals surface area contributed by atoms with Crippen LogP contribution in [0.2, 0.25) is 0 Å². The average Bonchev–Trinajstić information content (AvgIpc) is 2.60. The summed E-state index contributed by atoms with van der Waals surface area (Å²) in [5.74, 6) is -2.43. The highest BCUT2D eigenvalue weighted by Crippen LogP contribution is 2.33. The molecule has 1 aromatic rings. The van der Waals surface area contributed by atoms with Crippen LogP contribution in [-0.4, -0.2) is 67.6 Å². The highest BCUT2D eigenvalue weighted by Gasteiger charge is 2.42. The van der Waals surface area contributed by atoms with Crippen LogP contribution in [0, 0.1) is 17.6 Å². The lowest BCUT2D eigenvalue weighted by molar-refractivity contribution is 0.0321. The molecule has 1 aromatic carbocycles. The van der Waals surface area contributed by atoms with E-state index in [1.807, 2.05) is 0 Å². The second-order valence-electron chi connectivity index (χ2n) is 7.00. The Hall–Kier alpha value is -1.58. The number of carbonyl (C=O) groups excluding carboxylic acids is 1. The van der Waals surface area contributed by atoms with Gasteiger partial charge in [0.15, 0.2) is 0 Å². The van der Waals surface area contributed by atoms with E-state index in [1.54, 1.807) is 0 Å². The quantitative estimate of drug-likeness (QED) is 0.793. The Morgan fingerprint density at radius 3 is 2.42 bits per heavy atom. The van der Waals surface area contributed by atoms with Crippen LogP contribution in [0.25, 0.3) is 0 Å². The number of likely N-dealkylation sites (tertiary alicyclic amines) is 1. The maximum absolute atomic E-state index is 14.0. The molecule has 144 valence electrons. The van der Waals surface area contributed by atoms with E-state index in [4.69, 9.17) is 0 Å². The van der Waals surface area contributed by atoms with Gasteiger partial charge in [-0.3, -0.25) is 4.79 Å². The molecule has 2 aliphatic heterocycles. The van der Waals surface area contributed by atoms with Crippen molar-refractivity contribution in [1.29, 1.82) is 0 Å². The molecule has 0 saturated carbocycles. The van der Waals surface area contributed by atoms with Crippen molar-refractivity contribution < 1.29 is 22.0 Å². The molecule has 26 heavy (non-hydrogen) atoms. The Bertz CT molecular complexity index is 780. The van der Waals surface area contributed by atoms with Gasteiger partial charge in [0, 0.05) is 39.8 Å². The molecule has 2 aliphatic rings. The first-order chi connectivity index (χ1) is 12.2. The van der Waals surface area contributed by atoms with E-state index in [9.17, 15) is 22.0 Å². The summed E-state index contributed by atoms with van der Waals surface area (Å²) in [6, 6.07) is 3.17. The Morgan fingerprint density at radius 2 is 1.81 bits per heavy atom. The van der Waals surface area contributed by atoms with Gasteiger partial charge in [0.25, 0.3) is 16.1 Å². The molecule has 1 amide bonds. The van der Waals surface area contributed by atoms with E-state index in [0.29, 0.717) is 25.9 Å². The third kappa shape index (κ3) is 3.35. The summed E-state index contributed by atoms with van der Waals surface area (Å²) in [4.78, 5) is 14.3. The number of amides is 1. The highest BCUT2D eigenvalue weighted by molar-refractivity contribution is 7.86. The maximum atomic E-state index is 14.0. The van der Waals surface area contributed by atoms with Crippen molar-refractivity contribution in [2.24, 2.45) is 5.92 Å². The Morgan fingerprint density at radius 1 is 1.15 bits per heavy atom. The molecule has 0 N–H and O–H groups in total. The predicted molar refractivity (Wildman–Crippen MR) is 92.7 cm³/mol. The molecule has 0 bridgehead atoms. The van der Waals surface area contributed by atoms with Crippen LogP contribution < -0.4 is 0 Å². The van der Waals surface area contributed by atoms with Crippen LogP contribution in [0.5, 0.6) is 0 Å². The minimum atomic E-state index is -3.51. The molecule has 0 radical (unpaired) electrons. The van der Waals surface area contributed by atoms with E-state index in [-0.39, 0.29) is 18.5 Å². The van der Waals surface area contributed by atoms with Gasteiger partial charge in [-0.2, -0.15) is 17.0 Å². The summed E-state index contributed by atoms with van der Waals surface area (Å²) in [7, 11) is -0.540. The summed E-state index contributed by atoms with van der Waals surface area (Å²) < 4.78 is 55.3. The van der Waals surface area contributed by atoms with Crippen LogP contribution >= 0.6 is 0 Å². The first kappa shape index (κ1) is 19.2. The number of halogens is 2. The van der Waals surface area contributed by atoms with Crippen LogP contribution in [0.1, 0.15) is 29.6 Å². The predicted octanol–water partition coefficient (Wildman–Crippen LogP) is 1.70. The summed E-state index contributed by atoms with van der Waals surface area (Å²) in [6.45, 7) is 1.02. The third-order valence-corrected chi connectivity index (χ3v) is 7.16. The van der Waals surface area contributed by atoms with Gasteiger partial charge in [0.1, 0.15) is 17.2 Å².